The summed E-state index contributed by atoms with van der Waals surface area (Å²) in [4.78, 5) is 20.1. The summed E-state index contributed by atoms with van der Waals surface area (Å²) in [6.45, 7) is 4.01. The largest absolute Gasteiger partial charge is 0.359 e. The fraction of sp³-hybridized carbons (Fsp3) is 0.545. The fourth-order valence-electron chi connectivity index (χ4n) is 6.43. The molecule has 1 heterocycles. The van der Waals surface area contributed by atoms with E-state index in [4.69, 9.17) is 0 Å². The second-order valence-corrected chi connectivity index (χ2v) is 9.50. The molecule has 0 atom stereocenters. The van der Waals surface area contributed by atoms with Crippen molar-refractivity contribution < 1.29 is 4.92 Å². The van der Waals surface area contributed by atoms with E-state index in [1.165, 1.54) is 25.6 Å². The Morgan fingerprint density at radius 1 is 0.966 bits per heavy atom. The molecular formula is C22H27N5O2. The fourth-order valence-corrected chi connectivity index (χ4v) is 6.43. The Bertz CT molecular complexity index is 918. The molecule has 0 amide bonds. The SMILES string of the molecule is Cc1cc(C)cc(Nc2ncnc(NC34CC5CC(CC(C5)C3)C4)c2[N+](=O)[O-])c1. The van der Waals surface area contributed by atoms with E-state index in [9.17, 15) is 10.1 Å². The second kappa shape index (κ2) is 6.68. The lowest BCUT2D eigenvalue weighted by Gasteiger charge is -2.57. The highest BCUT2D eigenvalue weighted by Crippen LogP contribution is 2.57. The Labute approximate surface area is 170 Å². The van der Waals surface area contributed by atoms with E-state index >= 15 is 0 Å². The van der Waals surface area contributed by atoms with Crippen LogP contribution in [0.4, 0.5) is 23.0 Å². The van der Waals surface area contributed by atoms with Crippen LogP contribution in [0.1, 0.15) is 49.7 Å². The van der Waals surface area contributed by atoms with Gasteiger partial charge in [-0.25, -0.2) is 9.97 Å². The number of hydrogen-bond donors (Lipinski definition) is 2. The minimum absolute atomic E-state index is 0.0505. The Morgan fingerprint density at radius 3 is 2.07 bits per heavy atom. The number of aryl methyl sites for hydroxylation is 2. The molecule has 2 aromatic rings. The molecule has 0 aliphatic heterocycles. The maximum absolute atomic E-state index is 12.0. The third-order valence-electron chi connectivity index (χ3n) is 6.91. The third-order valence-corrected chi connectivity index (χ3v) is 6.91. The highest BCUT2D eigenvalue weighted by atomic mass is 16.6. The highest BCUT2D eigenvalue weighted by Gasteiger charge is 2.51. The van der Waals surface area contributed by atoms with Crippen LogP contribution in [0, 0.1) is 41.7 Å². The Balaban J connectivity index is 1.48. The summed E-state index contributed by atoms with van der Waals surface area (Å²) in [5.41, 5.74) is 2.87. The van der Waals surface area contributed by atoms with E-state index in [1.54, 1.807) is 0 Å². The van der Waals surface area contributed by atoms with Gasteiger partial charge in [0, 0.05) is 11.2 Å². The van der Waals surface area contributed by atoms with Crippen LogP contribution in [0.3, 0.4) is 0 Å². The van der Waals surface area contributed by atoms with E-state index in [1.807, 2.05) is 26.0 Å². The molecule has 4 aliphatic carbocycles. The van der Waals surface area contributed by atoms with Gasteiger partial charge in [0.2, 0.25) is 11.6 Å². The molecule has 6 rings (SSSR count). The number of benzene rings is 1. The number of aromatic nitrogens is 2. The quantitative estimate of drug-likeness (QED) is 0.540. The minimum atomic E-state index is -0.367. The summed E-state index contributed by atoms with van der Waals surface area (Å²) < 4.78 is 0. The Kier molecular flexibility index (Phi) is 4.22. The first-order valence-electron chi connectivity index (χ1n) is 10.5. The van der Waals surface area contributed by atoms with Crippen LogP contribution in [0.15, 0.2) is 24.5 Å². The molecule has 0 spiro atoms. The summed E-state index contributed by atoms with van der Waals surface area (Å²) >= 11 is 0. The van der Waals surface area contributed by atoms with E-state index < -0.39 is 0 Å². The van der Waals surface area contributed by atoms with E-state index in [-0.39, 0.29) is 22.0 Å². The van der Waals surface area contributed by atoms with Gasteiger partial charge in [-0.15, -0.1) is 0 Å². The lowest BCUT2D eigenvalue weighted by Crippen LogP contribution is -2.55. The van der Waals surface area contributed by atoms with Crippen molar-refractivity contribution in [3.05, 3.63) is 45.8 Å². The molecule has 7 heteroatoms. The van der Waals surface area contributed by atoms with Crippen molar-refractivity contribution in [2.24, 2.45) is 17.8 Å². The molecule has 0 unspecified atom stereocenters. The molecule has 4 fully saturated rings. The van der Waals surface area contributed by atoms with Crippen LogP contribution in [0.25, 0.3) is 0 Å². The van der Waals surface area contributed by atoms with Crippen LogP contribution in [-0.2, 0) is 0 Å². The predicted molar refractivity (Wildman–Crippen MR) is 112 cm³/mol. The van der Waals surface area contributed by atoms with Crippen molar-refractivity contribution in [1.82, 2.24) is 9.97 Å². The van der Waals surface area contributed by atoms with Crippen LogP contribution < -0.4 is 10.6 Å². The van der Waals surface area contributed by atoms with Crippen molar-refractivity contribution in [3.63, 3.8) is 0 Å². The first-order chi connectivity index (χ1) is 13.9. The van der Waals surface area contributed by atoms with Crippen molar-refractivity contribution in [1.29, 1.82) is 0 Å². The van der Waals surface area contributed by atoms with Crippen LogP contribution in [-0.4, -0.2) is 20.4 Å². The standard InChI is InChI=1S/C22H27N5O2/c1-13-3-14(2)5-18(4-13)25-20-19(27(28)29)21(24-12-23-20)26-22-9-15-6-16(10-22)8-17(7-15)11-22/h3-5,12,15-17H,6-11H2,1-2H3,(H2,23,24,25,26). The van der Waals surface area contributed by atoms with Crippen LogP contribution in [0.5, 0.6) is 0 Å². The molecule has 2 N–H and O–H groups in total. The van der Waals surface area contributed by atoms with Gasteiger partial charge in [0.25, 0.3) is 0 Å². The summed E-state index contributed by atoms with van der Waals surface area (Å²) in [6.07, 6.45) is 8.69. The van der Waals surface area contributed by atoms with Crippen LogP contribution >= 0.6 is 0 Å². The smallest absolute Gasteiger partial charge is 0.353 e. The van der Waals surface area contributed by atoms with Crippen molar-refractivity contribution in [2.75, 3.05) is 10.6 Å². The number of hydrogen-bond acceptors (Lipinski definition) is 6. The Hall–Kier alpha value is -2.70. The number of rotatable bonds is 5. The number of nitrogens with zero attached hydrogens (tertiary/aromatic N) is 3. The van der Waals surface area contributed by atoms with Crippen molar-refractivity contribution in [3.8, 4) is 0 Å². The van der Waals surface area contributed by atoms with Gasteiger partial charge in [0.15, 0.2) is 0 Å². The van der Waals surface area contributed by atoms with Gasteiger partial charge in [-0.1, -0.05) is 6.07 Å². The molecule has 0 radical (unpaired) electrons. The summed E-state index contributed by atoms with van der Waals surface area (Å²) in [5.74, 6) is 2.84. The van der Waals surface area contributed by atoms with Gasteiger partial charge in [-0.3, -0.25) is 10.1 Å². The average molecular weight is 393 g/mol. The minimum Gasteiger partial charge on any atom is -0.359 e. The topological polar surface area (TPSA) is 93.0 Å². The van der Waals surface area contributed by atoms with Gasteiger partial charge in [-0.05, 0) is 93.4 Å². The van der Waals surface area contributed by atoms with E-state index in [0.29, 0.717) is 5.82 Å². The number of anilines is 3. The molecule has 152 valence electrons. The molecule has 4 aliphatic rings. The third kappa shape index (κ3) is 3.43. The monoisotopic (exact) mass is 393 g/mol. The average Bonchev–Trinajstić information content (AvgIpc) is 2.59. The first kappa shape index (κ1) is 18.3. The zero-order valence-electron chi connectivity index (χ0n) is 16.9. The molecule has 1 aromatic carbocycles. The van der Waals surface area contributed by atoms with Crippen molar-refractivity contribution >= 4 is 23.0 Å². The predicted octanol–water partition coefficient (Wildman–Crippen LogP) is 5.13. The highest BCUT2D eigenvalue weighted by molar-refractivity contribution is 5.74. The summed E-state index contributed by atoms with van der Waals surface area (Å²) in [6, 6.07) is 6.00. The maximum atomic E-state index is 12.0. The lowest BCUT2D eigenvalue weighted by molar-refractivity contribution is -0.383. The number of nitrogens with one attached hydrogen (secondary N) is 2. The van der Waals surface area contributed by atoms with Gasteiger partial charge in [0.1, 0.15) is 6.33 Å². The molecule has 4 saturated carbocycles. The normalized spacial score (nSPS) is 29.7. The molecule has 0 saturated heterocycles. The molecule has 7 nitrogen and oxygen atoms in total. The van der Waals surface area contributed by atoms with Gasteiger partial charge in [-0.2, -0.15) is 0 Å². The van der Waals surface area contributed by atoms with Crippen LogP contribution in [0.2, 0.25) is 0 Å². The van der Waals surface area contributed by atoms with E-state index in [0.717, 1.165) is 53.8 Å². The summed E-state index contributed by atoms with van der Waals surface area (Å²) in [5, 5.41) is 18.7. The maximum Gasteiger partial charge on any atom is 0.353 e. The second-order valence-electron chi connectivity index (χ2n) is 9.50. The lowest BCUT2D eigenvalue weighted by atomic mass is 9.53. The molecular weight excluding hydrogens is 366 g/mol. The molecule has 1 aromatic heterocycles. The summed E-state index contributed by atoms with van der Waals surface area (Å²) in [7, 11) is 0. The Morgan fingerprint density at radius 2 is 1.52 bits per heavy atom. The zero-order chi connectivity index (χ0) is 20.2. The first-order valence-corrected chi connectivity index (χ1v) is 10.5. The molecule has 4 bridgehead atoms. The molecule has 29 heavy (non-hydrogen) atoms. The van der Waals surface area contributed by atoms with Gasteiger partial charge >= 0.3 is 5.69 Å². The zero-order valence-corrected chi connectivity index (χ0v) is 16.9. The number of nitro groups is 1. The van der Waals surface area contributed by atoms with Gasteiger partial charge < -0.3 is 10.6 Å². The van der Waals surface area contributed by atoms with Crippen molar-refractivity contribution in [2.45, 2.75) is 57.9 Å². The van der Waals surface area contributed by atoms with E-state index in [2.05, 4.69) is 26.7 Å². The van der Waals surface area contributed by atoms with Gasteiger partial charge in [0.05, 0.1) is 4.92 Å².